The molecule has 2 aromatic rings. The van der Waals surface area contributed by atoms with Crippen LogP contribution >= 0.6 is 0 Å². The second-order valence-electron chi connectivity index (χ2n) is 6.87. The SMILES string of the molecule is O=C(N[C@H]1CC[C@H](CCNS(=O)(=O)c2ccc(F)cc2)O[C@H]1CO)c1cnccn1. The highest BCUT2D eigenvalue weighted by molar-refractivity contribution is 7.89. The van der Waals surface area contributed by atoms with Gasteiger partial charge < -0.3 is 15.2 Å². The number of sulfonamides is 1. The molecule has 1 aromatic heterocycles. The van der Waals surface area contributed by atoms with Gasteiger partial charge in [0.1, 0.15) is 17.6 Å². The molecule has 0 saturated carbocycles. The first kappa shape index (κ1) is 22.2. The van der Waals surface area contributed by atoms with Crippen molar-refractivity contribution < 1.29 is 27.4 Å². The van der Waals surface area contributed by atoms with Gasteiger partial charge in [0, 0.05) is 18.9 Å². The average Bonchev–Trinajstić information content (AvgIpc) is 2.75. The summed E-state index contributed by atoms with van der Waals surface area (Å²) in [4.78, 5) is 20.0. The van der Waals surface area contributed by atoms with E-state index < -0.39 is 33.9 Å². The largest absolute Gasteiger partial charge is 0.394 e. The standard InChI is InChI=1S/C19H23FN4O5S/c20-13-1-4-15(5-2-13)30(27,28)23-8-7-14-3-6-16(18(12-25)29-14)24-19(26)17-11-21-9-10-22-17/h1-2,4-5,9-11,14,16,18,23,25H,3,6-8,12H2,(H,24,26)/t14-,16+,18+/m1/s1. The van der Waals surface area contributed by atoms with E-state index in [9.17, 15) is 22.7 Å². The summed E-state index contributed by atoms with van der Waals surface area (Å²) in [5.41, 5.74) is 0.173. The van der Waals surface area contributed by atoms with Gasteiger partial charge in [-0.1, -0.05) is 0 Å². The van der Waals surface area contributed by atoms with Gasteiger partial charge in [0.15, 0.2) is 0 Å². The zero-order chi connectivity index (χ0) is 21.6. The molecule has 0 unspecified atom stereocenters. The van der Waals surface area contributed by atoms with E-state index in [0.29, 0.717) is 19.3 Å². The van der Waals surface area contributed by atoms with Gasteiger partial charge in [0.2, 0.25) is 10.0 Å². The number of aromatic nitrogens is 2. The third-order valence-electron chi connectivity index (χ3n) is 4.79. The van der Waals surface area contributed by atoms with Crippen LogP contribution in [0.1, 0.15) is 29.8 Å². The maximum atomic E-state index is 13.0. The number of rotatable bonds is 8. The van der Waals surface area contributed by atoms with E-state index in [2.05, 4.69) is 20.0 Å². The quantitative estimate of drug-likeness (QED) is 0.551. The first-order valence-corrected chi connectivity index (χ1v) is 11.0. The molecule has 1 fully saturated rings. The summed E-state index contributed by atoms with van der Waals surface area (Å²) in [5.74, 6) is -0.916. The van der Waals surface area contributed by atoms with E-state index in [1.165, 1.54) is 30.7 Å². The molecule has 1 amide bonds. The average molecular weight is 438 g/mol. The highest BCUT2D eigenvalue weighted by Crippen LogP contribution is 2.22. The van der Waals surface area contributed by atoms with E-state index in [4.69, 9.17) is 4.74 Å². The number of amides is 1. The molecule has 0 bridgehead atoms. The van der Waals surface area contributed by atoms with Crippen molar-refractivity contribution in [3.8, 4) is 0 Å². The van der Waals surface area contributed by atoms with Crippen LogP contribution in [-0.4, -0.2) is 60.8 Å². The van der Waals surface area contributed by atoms with Crippen LogP contribution in [0.3, 0.4) is 0 Å². The Hall–Kier alpha value is -2.47. The van der Waals surface area contributed by atoms with E-state index >= 15 is 0 Å². The molecule has 0 aliphatic carbocycles. The molecule has 162 valence electrons. The molecule has 1 aromatic carbocycles. The third kappa shape index (κ3) is 5.79. The van der Waals surface area contributed by atoms with Crippen molar-refractivity contribution >= 4 is 15.9 Å². The smallest absolute Gasteiger partial charge is 0.271 e. The molecule has 3 N–H and O–H groups in total. The van der Waals surface area contributed by atoms with Crippen molar-refractivity contribution in [1.29, 1.82) is 0 Å². The minimum absolute atomic E-state index is 0.0199. The molecular formula is C19H23FN4O5S. The first-order valence-electron chi connectivity index (χ1n) is 9.47. The number of benzene rings is 1. The Morgan fingerprint density at radius 3 is 2.67 bits per heavy atom. The summed E-state index contributed by atoms with van der Waals surface area (Å²) in [7, 11) is -3.75. The van der Waals surface area contributed by atoms with Crippen molar-refractivity contribution in [2.24, 2.45) is 0 Å². The van der Waals surface area contributed by atoms with Gasteiger partial charge in [-0.2, -0.15) is 0 Å². The van der Waals surface area contributed by atoms with Crippen molar-refractivity contribution in [3.63, 3.8) is 0 Å². The minimum Gasteiger partial charge on any atom is -0.394 e. The van der Waals surface area contributed by atoms with Gasteiger partial charge in [-0.05, 0) is 43.5 Å². The van der Waals surface area contributed by atoms with Crippen LogP contribution in [-0.2, 0) is 14.8 Å². The van der Waals surface area contributed by atoms with Crippen LogP contribution in [0.25, 0.3) is 0 Å². The van der Waals surface area contributed by atoms with Crippen LogP contribution in [0.15, 0.2) is 47.8 Å². The normalized spacial score (nSPS) is 21.9. The van der Waals surface area contributed by atoms with Crippen LogP contribution in [0, 0.1) is 5.82 Å². The molecule has 9 nitrogen and oxygen atoms in total. The predicted molar refractivity (Wildman–Crippen MR) is 104 cm³/mol. The van der Waals surface area contributed by atoms with Crippen molar-refractivity contribution in [2.75, 3.05) is 13.2 Å². The van der Waals surface area contributed by atoms with Gasteiger partial charge in [-0.25, -0.2) is 22.5 Å². The van der Waals surface area contributed by atoms with Gasteiger partial charge in [0.05, 0.1) is 29.8 Å². The fourth-order valence-electron chi connectivity index (χ4n) is 3.22. The van der Waals surface area contributed by atoms with Crippen LogP contribution < -0.4 is 10.0 Å². The van der Waals surface area contributed by atoms with Crippen LogP contribution in [0.5, 0.6) is 0 Å². The number of nitrogens with zero attached hydrogens (tertiary/aromatic N) is 2. The van der Waals surface area contributed by atoms with E-state index in [1.807, 2.05) is 0 Å². The number of carbonyl (C=O) groups is 1. The lowest BCUT2D eigenvalue weighted by atomic mass is 9.97. The van der Waals surface area contributed by atoms with Gasteiger partial charge in [-0.15, -0.1) is 0 Å². The monoisotopic (exact) mass is 438 g/mol. The highest BCUT2D eigenvalue weighted by atomic mass is 32.2. The Morgan fingerprint density at radius 2 is 2.00 bits per heavy atom. The molecule has 11 heteroatoms. The van der Waals surface area contributed by atoms with Crippen LogP contribution in [0.4, 0.5) is 4.39 Å². The zero-order valence-electron chi connectivity index (χ0n) is 16.1. The zero-order valence-corrected chi connectivity index (χ0v) is 16.9. The molecule has 0 radical (unpaired) electrons. The summed E-state index contributed by atoms with van der Waals surface area (Å²) in [5, 5.41) is 12.4. The molecule has 1 aliphatic heterocycles. The molecule has 1 saturated heterocycles. The summed E-state index contributed by atoms with van der Waals surface area (Å²) in [6.45, 7) is -0.164. The number of carbonyl (C=O) groups excluding carboxylic acids is 1. The number of aliphatic hydroxyl groups is 1. The second kappa shape index (κ2) is 10.0. The Morgan fingerprint density at radius 1 is 1.23 bits per heavy atom. The van der Waals surface area contributed by atoms with E-state index in [0.717, 1.165) is 12.1 Å². The van der Waals surface area contributed by atoms with Crippen LogP contribution in [0.2, 0.25) is 0 Å². The molecule has 30 heavy (non-hydrogen) atoms. The van der Waals surface area contributed by atoms with E-state index in [1.54, 1.807) is 0 Å². The summed E-state index contributed by atoms with van der Waals surface area (Å²) < 4.78 is 45.7. The fraction of sp³-hybridized carbons (Fsp3) is 0.421. The molecule has 3 rings (SSSR count). The van der Waals surface area contributed by atoms with Crippen molar-refractivity contribution in [2.45, 2.75) is 42.4 Å². The number of hydrogen-bond donors (Lipinski definition) is 3. The molecule has 0 spiro atoms. The van der Waals surface area contributed by atoms with E-state index in [-0.39, 0.29) is 29.8 Å². The Bertz CT molecular complexity index is 943. The maximum absolute atomic E-state index is 13.0. The number of ether oxygens (including phenoxy) is 1. The summed E-state index contributed by atoms with van der Waals surface area (Å²) in [6, 6.07) is 4.17. The third-order valence-corrected chi connectivity index (χ3v) is 6.27. The molecule has 3 atom stereocenters. The maximum Gasteiger partial charge on any atom is 0.271 e. The topological polar surface area (TPSA) is 131 Å². The molecular weight excluding hydrogens is 415 g/mol. The molecule has 1 aliphatic rings. The Labute approximate surface area is 173 Å². The summed E-state index contributed by atoms with van der Waals surface area (Å²) >= 11 is 0. The van der Waals surface area contributed by atoms with Gasteiger partial charge >= 0.3 is 0 Å². The fourth-order valence-corrected chi connectivity index (χ4v) is 4.27. The number of hydrogen-bond acceptors (Lipinski definition) is 7. The number of nitrogens with one attached hydrogen (secondary N) is 2. The predicted octanol–water partition coefficient (Wildman–Crippen LogP) is 0.623. The Kier molecular flexibility index (Phi) is 7.43. The van der Waals surface area contributed by atoms with Crippen molar-refractivity contribution in [3.05, 3.63) is 54.4 Å². The van der Waals surface area contributed by atoms with Gasteiger partial charge in [0.25, 0.3) is 5.91 Å². The lowest BCUT2D eigenvalue weighted by Gasteiger charge is -2.36. The number of halogens is 1. The Balaban J connectivity index is 1.49. The lowest BCUT2D eigenvalue weighted by molar-refractivity contribution is -0.0891. The number of aliphatic hydroxyl groups excluding tert-OH is 1. The second-order valence-corrected chi connectivity index (χ2v) is 8.63. The minimum atomic E-state index is -3.75. The lowest BCUT2D eigenvalue weighted by Crippen LogP contribution is -2.51. The molecule has 2 heterocycles. The highest BCUT2D eigenvalue weighted by Gasteiger charge is 2.32. The van der Waals surface area contributed by atoms with Crippen molar-refractivity contribution in [1.82, 2.24) is 20.0 Å². The first-order chi connectivity index (χ1) is 14.4. The van der Waals surface area contributed by atoms with Gasteiger partial charge in [-0.3, -0.25) is 9.78 Å². The summed E-state index contributed by atoms with van der Waals surface area (Å²) in [6.07, 6.45) is 4.88.